The minimum atomic E-state index is 0.556. The van der Waals surface area contributed by atoms with E-state index in [0.29, 0.717) is 10.8 Å². The third kappa shape index (κ3) is 1.61. The molecule has 72 valence electrons. The zero-order valence-corrected chi connectivity index (χ0v) is 9.19. The molecule has 0 atom stereocenters. The lowest BCUT2D eigenvalue weighted by molar-refractivity contribution is 1.31. The summed E-state index contributed by atoms with van der Waals surface area (Å²) < 4.78 is 0. The van der Waals surface area contributed by atoms with Crippen LogP contribution in [0.25, 0.3) is 10.4 Å². The first-order valence-electron chi connectivity index (χ1n) is 4.16. The summed E-state index contributed by atoms with van der Waals surface area (Å²) >= 11 is 7.62. The average Bonchev–Trinajstić information content (AvgIpc) is 2.46. The molecule has 0 saturated carbocycles. The van der Waals surface area contributed by atoms with E-state index in [1.807, 2.05) is 31.2 Å². The van der Waals surface area contributed by atoms with Crippen LogP contribution in [0.15, 0.2) is 24.3 Å². The number of aryl methyl sites for hydroxylation is 1. The molecule has 2 nitrogen and oxygen atoms in total. The number of anilines is 1. The van der Waals surface area contributed by atoms with E-state index in [1.54, 1.807) is 11.3 Å². The number of nitrogens with two attached hydrogens (primary N) is 1. The normalized spacial score (nSPS) is 10.4. The molecule has 14 heavy (non-hydrogen) atoms. The van der Waals surface area contributed by atoms with E-state index in [4.69, 9.17) is 17.3 Å². The zero-order valence-electron chi connectivity index (χ0n) is 7.62. The molecule has 0 amide bonds. The van der Waals surface area contributed by atoms with Crippen molar-refractivity contribution >= 4 is 28.8 Å². The smallest absolute Gasteiger partial charge is 0.142 e. The summed E-state index contributed by atoms with van der Waals surface area (Å²) in [4.78, 5) is 5.12. The molecule has 0 aliphatic rings. The second-order valence-corrected chi connectivity index (χ2v) is 4.54. The second-order valence-electron chi connectivity index (χ2n) is 2.93. The van der Waals surface area contributed by atoms with Gasteiger partial charge in [0, 0.05) is 10.6 Å². The highest BCUT2D eigenvalue weighted by Crippen LogP contribution is 2.35. The van der Waals surface area contributed by atoms with E-state index in [1.165, 1.54) is 0 Å². The molecule has 0 radical (unpaired) electrons. The summed E-state index contributed by atoms with van der Waals surface area (Å²) in [7, 11) is 0. The van der Waals surface area contributed by atoms with Crippen molar-refractivity contribution in [2.24, 2.45) is 0 Å². The number of hydrogen-bond donors (Lipinski definition) is 1. The van der Waals surface area contributed by atoms with Crippen LogP contribution in [0.1, 0.15) is 5.01 Å². The van der Waals surface area contributed by atoms with Gasteiger partial charge in [0.2, 0.25) is 0 Å². The van der Waals surface area contributed by atoms with Crippen molar-refractivity contribution in [1.82, 2.24) is 4.98 Å². The Balaban J connectivity index is 2.60. The van der Waals surface area contributed by atoms with Gasteiger partial charge in [-0.05, 0) is 13.0 Å². The molecule has 1 heterocycles. The summed E-state index contributed by atoms with van der Waals surface area (Å²) in [5, 5.41) is 1.67. The van der Waals surface area contributed by atoms with Gasteiger partial charge in [-0.2, -0.15) is 0 Å². The Morgan fingerprint density at radius 2 is 2.07 bits per heavy atom. The maximum absolute atomic E-state index is 6.06. The highest BCUT2D eigenvalue weighted by molar-refractivity contribution is 7.15. The van der Waals surface area contributed by atoms with Crippen molar-refractivity contribution in [2.45, 2.75) is 6.92 Å². The van der Waals surface area contributed by atoms with Gasteiger partial charge in [0.25, 0.3) is 0 Å². The molecule has 0 fully saturated rings. The maximum atomic E-state index is 6.06. The largest absolute Gasteiger partial charge is 0.382 e. The Morgan fingerprint density at radius 1 is 1.36 bits per heavy atom. The van der Waals surface area contributed by atoms with Crippen molar-refractivity contribution in [2.75, 3.05) is 5.73 Å². The number of nitrogen functional groups attached to an aromatic ring is 1. The first-order chi connectivity index (χ1) is 6.68. The quantitative estimate of drug-likeness (QED) is 0.807. The predicted molar refractivity (Wildman–Crippen MR) is 61.7 cm³/mol. The summed E-state index contributed by atoms with van der Waals surface area (Å²) in [5.41, 5.74) is 6.74. The van der Waals surface area contributed by atoms with Gasteiger partial charge in [-0.15, -0.1) is 11.3 Å². The molecule has 2 N–H and O–H groups in total. The maximum Gasteiger partial charge on any atom is 0.142 e. The van der Waals surface area contributed by atoms with Gasteiger partial charge >= 0.3 is 0 Å². The van der Waals surface area contributed by atoms with Crippen LogP contribution in [-0.2, 0) is 0 Å². The van der Waals surface area contributed by atoms with Gasteiger partial charge in [0.15, 0.2) is 0 Å². The molecule has 4 heteroatoms. The van der Waals surface area contributed by atoms with Crippen LogP contribution in [0.2, 0.25) is 5.02 Å². The second kappa shape index (κ2) is 3.59. The number of benzene rings is 1. The Labute approximate surface area is 91.4 Å². The third-order valence-corrected chi connectivity index (χ3v) is 3.23. The molecule has 0 aliphatic carbocycles. The van der Waals surface area contributed by atoms with Gasteiger partial charge in [0.1, 0.15) is 5.82 Å². The monoisotopic (exact) mass is 224 g/mol. The van der Waals surface area contributed by atoms with Crippen molar-refractivity contribution in [3.63, 3.8) is 0 Å². The van der Waals surface area contributed by atoms with Gasteiger partial charge in [-0.1, -0.05) is 29.8 Å². The first-order valence-corrected chi connectivity index (χ1v) is 5.35. The Bertz CT molecular complexity index is 465. The summed E-state index contributed by atoms with van der Waals surface area (Å²) in [6.45, 7) is 1.93. The SMILES string of the molecule is Cc1nc(N)c(-c2ccccc2Cl)s1. The van der Waals surface area contributed by atoms with E-state index in [0.717, 1.165) is 15.4 Å². The highest BCUT2D eigenvalue weighted by atomic mass is 35.5. The molecule has 0 unspecified atom stereocenters. The molecule has 2 rings (SSSR count). The number of thiazole rings is 1. The van der Waals surface area contributed by atoms with Gasteiger partial charge in [-0.3, -0.25) is 0 Å². The molecule has 0 aliphatic heterocycles. The molecule has 0 saturated heterocycles. The molecular weight excluding hydrogens is 216 g/mol. The Morgan fingerprint density at radius 3 is 2.64 bits per heavy atom. The number of aromatic nitrogens is 1. The van der Waals surface area contributed by atoms with Crippen molar-refractivity contribution < 1.29 is 0 Å². The van der Waals surface area contributed by atoms with Gasteiger partial charge in [0.05, 0.1) is 9.88 Å². The molecule has 2 aromatic rings. The third-order valence-electron chi connectivity index (χ3n) is 1.88. The van der Waals surface area contributed by atoms with E-state index < -0.39 is 0 Å². The fourth-order valence-corrected chi connectivity index (χ4v) is 2.45. The molecule has 1 aromatic heterocycles. The van der Waals surface area contributed by atoms with Crippen LogP contribution >= 0.6 is 22.9 Å². The van der Waals surface area contributed by atoms with E-state index in [-0.39, 0.29) is 0 Å². The van der Waals surface area contributed by atoms with Crippen molar-refractivity contribution in [3.8, 4) is 10.4 Å². The van der Waals surface area contributed by atoms with Gasteiger partial charge < -0.3 is 5.73 Å². The Kier molecular flexibility index (Phi) is 2.44. The molecule has 0 bridgehead atoms. The minimum Gasteiger partial charge on any atom is -0.382 e. The number of hydrogen-bond acceptors (Lipinski definition) is 3. The topological polar surface area (TPSA) is 38.9 Å². The van der Waals surface area contributed by atoms with Crippen LogP contribution in [0.3, 0.4) is 0 Å². The zero-order chi connectivity index (χ0) is 10.1. The van der Waals surface area contributed by atoms with Gasteiger partial charge in [-0.25, -0.2) is 4.98 Å². The predicted octanol–water partition coefficient (Wildman–Crippen LogP) is 3.35. The number of halogens is 1. The average molecular weight is 225 g/mol. The van der Waals surface area contributed by atoms with Crippen LogP contribution < -0.4 is 5.73 Å². The number of nitrogens with zero attached hydrogens (tertiary/aromatic N) is 1. The summed E-state index contributed by atoms with van der Waals surface area (Å²) in [5.74, 6) is 0.556. The van der Waals surface area contributed by atoms with Crippen LogP contribution in [-0.4, -0.2) is 4.98 Å². The minimum absolute atomic E-state index is 0.556. The lowest BCUT2D eigenvalue weighted by Gasteiger charge is -2.00. The molecular formula is C10H9ClN2S. The summed E-state index contributed by atoms with van der Waals surface area (Å²) in [6, 6.07) is 7.64. The fraction of sp³-hybridized carbons (Fsp3) is 0.100. The highest BCUT2D eigenvalue weighted by Gasteiger charge is 2.10. The van der Waals surface area contributed by atoms with Crippen molar-refractivity contribution in [3.05, 3.63) is 34.3 Å². The van der Waals surface area contributed by atoms with Crippen LogP contribution in [0, 0.1) is 6.92 Å². The number of rotatable bonds is 1. The van der Waals surface area contributed by atoms with Crippen LogP contribution in [0.4, 0.5) is 5.82 Å². The fourth-order valence-electron chi connectivity index (χ4n) is 1.28. The van der Waals surface area contributed by atoms with Crippen LogP contribution in [0.5, 0.6) is 0 Å². The van der Waals surface area contributed by atoms with E-state index >= 15 is 0 Å². The van der Waals surface area contributed by atoms with E-state index in [2.05, 4.69) is 4.98 Å². The molecule has 1 aromatic carbocycles. The van der Waals surface area contributed by atoms with E-state index in [9.17, 15) is 0 Å². The Hall–Kier alpha value is -1.06. The summed E-state index contributed by atoms with van der Waals surface area (Å²) in [6.07, 6.45) is 0. The van der Waals surface area contributed by atoms with Crippen molar-refractivity contribution in [1.29, 1.82) is 0 Å². The standard InChI is InChI=1S/C10H9ClN2S/c1-6-13-10(12)9(14-6)7-4-2-3-5-8(7)11/h2-5H,12H2,1H3. The molecule has 0 spiro atoms. The lowest BCUT2D eigenvalue weighted by Crippen LogP contribution is -1.87. The lowest BCUT2D eigenvalue weighted by atomic mass is 10.2. The first kappa shape index (κ1) is 9.49.